The van der Waals surface area contributed by atoms with Crippen molar-refractivity contribution < 1.29 is 18.0 Å². The highest BCUT2D eigenvalue weighted by atomic mass is 19.4. The summed E-state index contributed by atoms with van der Waals surface area (Å²) in [6.07, 6.45) is 8.05. The average Bonchev–Trinajstić information content (AvgIpc) is 3.41. The number of halogens is 3. The van der Waals surface area contributed by atoms with Crippen molar-refractivity contribution in [3.05, 3.63) is 47.4 Å². The summed E-state index contributed by atoms with van der Waals surface area (Å²) in [5.74, 6) is 0.811. The van der Waals surface area contributed by atoms with E-state index >= 15 is 0 Å². The Balaban J connectivity index is 1.04. The van der Waals surface area contributed by atoms with Gasteiger partial charge in [0.25, 0.3) is 5.91 Å². The van der Waals surface area contributed by atoms with Gasteiger partial charge in [-0.2, -0.15) is 23.4 Å². The van der Waals surface area contributed by atoms with Crippen LogP contribution in [0, 0.1) is 11.8 Å². The van der Waals surface area contributed by atoms with Gasteiger partial charge in [0.05, 0.1) is 17.3 Å². The van der Waals surface area contributed by atoms with Crippen molar-refractivity contribution in [1.29, 1.82) is 0 Å². The summed E-state index contributed by atoms with van der Waals surface area (Å²) in [6.45, 7) is 3.26. The molecule has 210 valence electrons. The molecule has 0 spiro atoms. The molecule has 0 saturated heterocycles. The molecule has 1 aliphatic carbocycles. The topological polar surface area (TPSA) is 68.3 Å². The molecule has 3 heterocycles. The third kappa shape index (κ3) is 7.15. The molecule has 5 rings (SSSR count). The van der Waals surface area contributed by atoms with Crippen LogP contribution < -0.4 is 0 Å². The second-order valence-electron chi connectivity index (χ2n) is 11.1. The van der Waals surface area contributed by atoms with Crippen LogP contribution in [0.25, 0.3) is 10.9 Å². The van der Waals surface area contributed by atoms with Gasteiger partial charge in [-0.25, -0.2) is 4.99 Å². The Morgan fingerprint density at radius 2 is 1.92 bits per heavy atom. The van der Waals surface area contributed by atoms with Crippen molar-refractivity contribution in [1.82, 2.24) is 24.5 Å². The van der Waals surface area contributed by atoms with Crippen molar-refractivity contribution in [2.75, 3.05) is 19.6 Å². The lowest BCUT2D eigenvalue weighted by molar-refractivity contribution is -0.136. The van der Waals surface area contributed by atoms with Gasteiger partial charge in [0, 0.05) is 63.0 Å². The number of aliphatic imine (C=N–C) groups is 1. The smallest absolute Gasteiger partial charge is 0.303 e. The Hall–Kier alpha value is -3.01. The maximum Gasteiger partial charge on any atom is 0.389 e. The average molecular weight is 543 g/mol. The fourth-order valence-electron chi connectivity index (χ4n) is 6.03. The molecule has 1 saturated carbocycles. The molecular weight excluding hydrogens is 505 g/mol. The van der Waals surface area contributed by atoms with Crippen molar-refractivity contribution in [3.8, 4) is 0 Å². The van der Waals surface area contributed by atoms with E-state index in [1.807, 2.05) is 43.9 Å². The highest BCUT2D eigenvalue weighted by Gasteiger charge is 2.27. The number of nitrogens with zero attached hydrogens (tertiary/aromatic N) is 6. The van der Waals surface area contributed by atoms with Crippen LogP contribution in [0.4, 0.5) is 13.2 Å². The lowest BCUT2D eigenvalue weighted by Gasteiger charge is -2.28. The standard InChI is InChI=1S/C29H37F3N6O/c1-36-20-25-24(4-2-5-26(25)35-36)28(39)33-18-22-8-6-21(7-9-22)10-15-37-16-11-23-19-34-38(27(23)12-17-37)14-3-13-29(30,31)32/h2,4-5,18-22H,3,6-17H2,1H3. The Morgan fingerprint density at radius 1 is 1.13 bits per heavy atom. The van der Waals surface area contributed by atoms with Crippen LogP contribution >= 0.6 is 0 Å². The summed E-state index contributed by atoms with van der Waals surface area (Å²) in [6, 6.07) is 5.56. The van der Waals surface area contributed by atoms with Gasteiger partial charge >= 0.3 is 6.18 Å². The van der Waals surface area contributed by atoms with Crippen LogP contribution in [0.5, 0.6) is 0 Å². The van der Waals surface area contributed by atoms with Crippen LogP contribution in [0.2, 0.25) is 0 Å². The summed E-state index contributed by atoms with van der Waals surface area (Å²) in [7, 11) is 1.85. The second kappa shape index (κ2) is 12.0. The highest BCUT2D eigenvalue weighted by Crippen LogP contribution is 2.31. The van der Waals surface area contributed by atoms with Gasteiger partial charge in [-0.1, -0.05) is 6.07 Å². The van der Waals surface area contributed by atoms with E-state index in [1.165, 1.54) is 5.56 Å². The number of amides is 1. The molecule has 0 radical (unpaired) electrons. The molecule has 1 aliphatic heterocycles. The summed E-state index contributed by atoms with van der Waals surface area (Å²) < 4.78 is 41.1. The molecular formula is C29H37F3N6O. The quantitative estimate of drug-likeness (QED) is 0.347. The van der Waals surface area contributed by atoms with E-state index in [4.69, 9.17) is 0 Å². The first-order chi connectivity index (χ1) is 18.7. The fraction of sp³-hybridized carbons (Fsp3) is 0.586. The minimum absolute atomic E-state index is 0.0729. The van der Waals surface area contributed by atoms with E-state index < -0.39 is 12.6 Å². The first-order valence-electron chi connectivity index (χ1n) is 14.1. The summed E-state index contributed by atoms with van der Waals surface area (Å²) in [5, 5.41) is 9.57. The van der Waals surface area contributed by atoms with E-state index in [9.17, 15) is 18.0 Å². The first kappa shape index (κ1) is 27.6. The SMILES string of the molecule is Cn1cc2c(C(=O)N=CC3CCC(CCN4CCc5cnn(CCCC(F)(F)F)c5CC4)CC3)cccc2n1. The number of carbonyl (C=O) groups is 1. The van der Waals surface area contributed by atoms with E-state index in [1.54, 1.807) is 9.36 Å². The predicted molar refractivity (Wildman–Crippen MR) is 145 cm³/mol. The van der Waals surface area contributed by atoms with Gasteiger partial charge in [-0.15, -0.1) is 0 Å². The van der Waals surface area contributed by atoms with Crippen LogP contribution in [0.15, 0.2) is 35.6 Å². The minimum Gasteiger partial charge on any atom is -0.303 e. The second-order valence-corrected chi connectivity index (χ2v) is 11.1. The van der Waals surface area contributed by atoms with Crippen molar-refractivity contribution in [2.24, 2.45) is 23.9 Å². The molecule has 1 amide bonds. The van der Waals surface area contributed by atoms with Crippen molar-refractivity contribution in [2.45, 2.75) is 70.5 Å². The monoisotopic (exact) mass is 542 g/mol. The summed E-state index contributed by atoms with van der Waals surface area (Å²) in [4.78, 5) is 19.6. The number of alkyl halides is 3. The molecule has 0 bridgehead atoms. The van der Waals surface area contributed by atoms with Crippen LogP contribution in [0.1, 0.15) is 66.6 Å². The zero-order valence-corrected chi connectivity index (χ0v) is 22.5. The third-order valence-electron chi connectivity index (χ3n) is 8.27. The van der Waals surface area contributed by atoms with Crippen molar-refractivity contribution >= 4 is 23.0 Å². The van der Waals surface area contributed by atoms with E-state index in [2.05, 4.69) is 20.1 Å². The van der Waals surface area contributed by atoms with E-state index in [0.29, 0.717) is 23.9 Å². The lowest BCUT2D eigenvalue weighted by Crippen LogP contribution is -2.30. The molecule has 7 nitrogen and oxygen atoms in total. The van der Waals surface area contributed by atoms with Gasteiger partial charge in [0.1, 0.15) is 0 Å². The van der Waals surface area contributed by atoms with Gasteiger partial charge in [-0.3, -0.25) is 14.2 Å². The Labute approximate surface area is 227 Å². The molecule has 1 aromatic carbocycles. The number of fused-ring (bicyclic) bond motifs is 2. The number of aryl methyl sites for hydroxylation is 2. The Bertz CT molecular complexity index is 1300. The summed E-state index contributed by atoms with van der Waals surface area (Å²) >= 11 is 0. The fourth-order valence-corrected chi connectivity index (χ4v) is 6.03. The normalized spacial score (nSPS) is 20.9. The van der Waals surface area contributed by atoms with Gasteiger partial charge < -0.3 is 4.90 Å². The molecule has 39 heavy (non-hydrogen) atoms. The Morgan fingerprint density at radius 3 is 2.72 bits per heavy atom. The molecule has 3 aromatic rings. The zero-order valence-electron chi connectivity index (χ0n) is 22.5. The molecule has 10 heteroatoms. The number of hydrogen-bond donors (Lipinski definition) is 0. The van der Waals surface area contributed by atoms with Crippen LogP contribution in [0.3, 0.4) is 0 Å². The number of hydrogen-bond acceptors (Lipinski definition) is 4. The maximum absolute atomic E-state index is 12.8. The molecule has 2 aliphatic rings. The first-order valence-corrected chi connectivity index (χ1v) is 14.1. The molecule has 0 N–H and O–H groups in total. The Kier molecular flexibility index (Phi) is 8.49. The molecule has 2 aromatic heterocycles. The van der Waals surface area contributed by atoms with Gasteiger partial charge in [0.2, 0.25) is 0 Å². The number of aromatic nitrogens is 4. The van der Waals surface area contributed by atoms with Crippen LogP contribution in [-0.2, 0) is 26.4 Å². The zero-order chi connectivity index (χ0) is 27.4. The number of carbonyl (C=O) groups excluding carboxylic acids is 1. The lowest BCUT2D eigenvalue weighted by atomic mass is 9.81. The van der Waals surface area contributed by atoms with Crippen LogP contribution in [-0.4, -0.2) is 62.4 Å². The third-order valence-corrected chi connectivity index (χ3v) is 8.27. The maximum atomic E-state index is 12.8. The van der Waals surface area contributed by atoms with E-state index in [-0.39, 0.29) is 12.3 Å². The minimum atomic E-state index is -4.11. The molecule has 1 fully saturated rings. The van der Waals surface area contributed by atoms with Gasteiger partial charge in [-0.05, 0) is 81.0 Å². The van der Waals surface area contributed by atoms with Crippen molar-refractivity contribution in [3.63, 3.8) is 0 Å². The number of benzene rings is 1. The highest BCUT2D eigenvalue weighted by molar-refractivity contribution is 6.08. The summed E-state index contributed by atoms with van der Waals surface area (Å²) in [5.41, 5.74) is 3.68. The van der Waals surface area contributed by atoms with E-state index in [0.717, 1.165) is 81.2 Å². The largest absolute Gasteiger partial charge is 0.389 e. The number of rotatable bonds is 8. The van der Waals surface area contributed by atoms with Gasteiger partial charge in [0.15, 0.2) is 0 Å². The predicted octanol–water partition coefficient (Wildman–Crippen LogP) is 5.62. The molecule has 0 atom stereocenters. The molecule has 0 unspecified atom stereocenters.